The van der Waals surface area contributed by atoms with Gasteiger partial charge in [0, 0.05) is 22.7 Å². The standard InChI is InChI=1S/C18H19N3O4/c1-9-12-7-10(18(23)24)5-6-14(12)25-15(9)8-19-17(22)16-11-3-2-4-13(11)20-21-16/h5-7,9,15H,2-4,8H2,1H3,(H,19,22)(H,20,21)(H,23,24)/t9-,15-/m0/s1. The molecule has 3 N–H and O–H groups in total. The van der Waals surface area contributed by atoms with E-state index in [1.807, 2.05) is 6.92 Å². The number of H-pyrrole nitrogens is 1. The molecule has 1 aromatic carbocycles. The van der Waals surface area contributed by atoms with E-state index < -0.39 is 5.97 Å². The van der Waals surface area contributed by atoms with Crippen LogP contribution in [0.5, 0.6) is 5.75 Å². The van der Waals surface area contributed by atoms with Gasteiger partial charge < -0.3 is 15.2 Å². The molecule has 7 nitrogen and oxygen atoms in total. The largest absolute Gasteiger partial charge is 0.488 e. The zero-order valence-electron chi connectivity index (χ0n) is 13.8. The van der Waals surface area contributed by atoms with Gasteiger partial charge >= 0.3 is 5.97 Å². The summed E-state index contributed by atoms with van der Waals surface area (Å²) in [6, 6.07) is 4.85. The summed E-state index contributed by atoms with van der Waals surface area (Å²) in [6.45, 7) is 2.32. The lowest BCUT2D eigenvalue weighted by Gasteiger charge is -2.16. The SMILES string of the molecule is C[C@H]1c2cc(C(=O)O)ccc2O[C@H]1CNC(=O)c1n[nH]c2c1CCC2. The molecule has 25 heavy (non-hydrogen) atoms. The minimum atomic E-state index is -0.959. The molecule has 0 radical (unpaired) electrons. The van der Waals surface area contributed by atoms with Gasteiger partial charge in [-0.2, -0.15) is 5.10 Å². The smallest absolute Gasteiger partial charge is 0.335 e. The Balaban J connectivity index is 1.43. The number of nitrogens with zero attached hydrogens (tertiary/aromatic N) is 1. The molecular weight excluding hydrogens is 322 g/mol. The van der Waals surface area contributed by atoms with Crippen LogP contribution in [0.4, 0.5) is 0 Å². The molecule has 1 amide bonds. The third-order valence-corrected chi connectivity index (χ3v) is 5.07. The molecule has 0 unspecified atom stereocenters. The van der Waals surface area contributed by atoms with Crippen LogP contribution in [0.1, 0.15) is 56.9 Å². The molecule has 0 spiro atoms. The summed E-state index contributed by atoms with van der Waals surface area (Å²) in [7, 11) is 0. The Morgan fingerprint density at radius 2 is 2.24 bits per heavy atom. The number of aromatic nitrogens is 2. The van der Waals surface area contributed by atoms with Crippen molar-refractivity contribution in [3.63, 3.8) is 0 Å². The number of fused-ring (bicyclic) bond motifs is 2. The van der Waals surface area contributed by atoms with Gasteiger partial charge in [-0.05, 0) is 37.5 Å². The Labute approximate surface area is 144 Å². The molecule has 1 aliphatic carbocycles. The number of aromatic amines is 1. The van der Waals surface area contributed by atoms with Gasteiger partial charge in [0.05, 0.1) is 12.1 Å². The number of hydrogen-bond acceptors (Lipinski definition) is 4. The van der Waals surface area contributed by atoms with Crippen molar-refractivity contribution in [3.05, 3.63) is 46.3 Å². The van der Waals surface area contributed by atoms with Gasteiger partial charge in [0.25, 0.3) is 5.91 Å². The van der Waals surface area contributed by atoms with Gasteiger partial charge in [-0.25, -0.2) is 4.79 Å². The molecule has 4 rings (SSSR count). The molecular formula is C18H19N3O4. The first-order valence-electron chi connectivity index (χ1n) is 8.43. The monoisotopic (exact) mass is 341 g/mol. The fraction of sp³-hybridized carbons (Fsp3) is 0.389. The number of benzene rings is 1. The number of nitrogens with one attached hydrogen (secondary N) is 2. The van der Waals surface area contributed by atoms with E-state index in [2.05, 4.69) is 15.5 Å². The third kappa shape index (κ3) is 2.65. The topological polar surface area (TPSA) is 104 Å². The van der Waals surface area contributed by atoms with Crippen molar-refractivity contribution in [1.82, 2.24) is 15.5 Å². The van der Waals surface area contributed by atoms with E-state index in [0.717, 1.165) is 36.1 Å². The highest BCUT2D eigenvalue weighted by atomic mass is 16.5. The zero-order valence-corrected chi connectivity index (χ0v) is 13.8. The minimum Gasteiger partial charge on any atom is -0.488 e. The predicted molar refractivity (Wildman–Crippen MR) is 89.2 cm³/mol. The van der Waals surface area contributed by atoms with Crippen LogP contribution >= 0.6 is 0 Å². The molecule has 2 aromatic rings. The van der Waals surface area contributed by atoms with Crippen LogP contribution in [0, 0.1) is 0 Å². The van der Waals surface area contributed by atoms with Gasteiger partial charge in [0.2, 0.25) is 0 Å². The van der Waals surface area contributed by atoms with Crippen LogP contribution in [0.3, 0.4) is 0 Å². The Bertz CT molecular complexity index is 858. The van der Waals surface area contributed by atoms with Gasteiger partial charge in [-0.3, -0.25) is 9.89 Å². The van der Waals surface area contributed by atoms with Gasteiger partial charge in [-0.1, -0.05) is 6.92 Å². The lowest BCUT2D eigenvalue weighted by Crippen LogP contribution is -2.36. The fourth-order valence-electron chi connectivity index (χ4n) is 3.61. The van der Waals surface area contributed by atoms with E-state index in [-0.39, 0.29) is 23.5 Å². The van der Waals surface area contributed by atoms with Crippen LogP contribution in [0.2, 0.25) is 0 Å². The average Bonchev–Trinajstić information content (AvgIpc) is 3.27. The summed E-state index contributed by atoms with van der Waals surface area (Å²) in [5.74, 6) is -0.478. The molecule has 7 heteroatoms. The molecule has 130 valence electrons. The molecule has 0 saturated carbocycles. The second-order valence-corrected chi connectivity index (χ2v) is 6.60. The van der Waals surface area contributed by atoms with Crippen molar-refractivity contribution in [2.45, 2.75) is 38.2 Å². The summed E-state index contributed by atoms with van der Waals surface area (Å²) in [6.07, 6.45) is 2.65. The molecule has 0 bridgehead atoms. The number of hydrogen-bond donors (Lipinski definition) is 3. The van der Waals surface area contributed by atoms with Crippen LogP contribution in [0.15, 0.2) is 18.2 Å². The fourth-order valence-corrected chi connectivity index (χ4v) is 3.61. The Morgan fingerprint density at radius 3 is 3.04 bits per heavy atom. The van der Waals surface area contributed by atoms with Crippen molar-refractivity contribution in [2.75, 3.05) is 6.54 Å². The first-order valence-corrected chi connectivity index (χ1v) is 8.43. The first-order chi connectivity index (χ1) is 12.0. The summed E-state index contributed by atoms with van der Waals surface area (Å²) < 4.78 is 5.88. The summed E-state index contributed by atoms with van der Waals surface area (Å²) >= 11 is 0. The van der Waals surface area contributed by atoms with E-state index in [0.29, 0.717) is 18.0 Å². The Hall–Kier alpha value is -2.83. The van der Waals surface area contributed by atoms with E-state index in [1.54, 1.807) is 12.1 Å². The quantitative estimate of drug-likeness (QED) is 0.788. The maximum Gasteiger partial charge on any atom is 0.335 e. The number of amides is 1. The van der Waals surface area contributed by atoms with Gasteiger partial charge in [0.1, 0.15) is 11.9 Å². The lowest BCUT2D eigenvalue weighted by atomic mass is 9.96. The molecule has 2 atom stereocenters. The maximum atomic E-state index is 12.4. The zero-order chi connectivity index (χ0) is 17.6. The van der Waals surface area contributed by atoms with Crippen molar-refractivity contribution < 1.29 is 19.4 Å². The average molecular weight is 341 g/mol. The van der Waals surface area contributed by atoms with Crippen LogP contribution in [0.25, 0.3) is 0 Å². The van der Waals surface area contributed by atoms with E-state index in [9.17, 15) is 9.59 Å². The number of carboxylic acids is 1. The lowest BCUT2D eigenvalue weighted by molar-refractivity contribution is 0.0696. The number of aromatic carboxylic acids is 1. The maximum absolute atomic E-state index is 12.4. The van der Waals surface area contributed by atoms with Crippen LogP contribution < -0.4 is 10.1 Å². The third-order valence-electron chi connectivity index (χ3n) is 5.07. The van der Waals surface area contributed by atoms with Crippen LogP contribution in [-0.4, -0.2) is 39.8 Å². The molecule has 0 fully saturated rings. The Morgan fingerprint density at radius 1 is 1.40 bits per heavy atom. The van der Waals surface area contributed by atoms with Gasteiger partial charge in [-0.15, -0.1) is 0 Å². The molecule has 2 heterocycles. The highest BCUT2D eigenvalue weighted by Crippen LogP contribution is 2.38. The van der Waals surface area contributed by atoms with E-state index >= 15 is 0 Å². The van der Waals surface area contributed by atoms with Crippen molar-refractivity contribution in [1.29, 1.82) is 0 Å². The Kier molecular flexibility index (Phi) is 3.71. The second-order valence-electron chi connectivity index (χ2n) is 6.60. The minimum absolute atomic E-state index is 0.000464. The molecule has 1 aliphatic heterocycles. The predicted octanol–water partition coefficient (Wildman–Crippen LogP) is 1.89. The summed E-state index contributed by atoms with van der Waals surface area (Å²) in [4.78, 5) is 23.5. The second kappa shape index (κ2) is 5.91. The molecule has 2 aliphatic rings. The van der Waals surface area contributed by atoms with E-state index in [4.69, 9.17) is 9.84 Å². The first kappa shape index (κ1) is 15.7. The highest BCUT2D eigenvalue weighted by molar-refractivity contribution is 5.94. The number of carbonyl (C=O) groups is 2. The van der Waals surface area contributed by atoms with Crippen molar-refractivity contribution in [2.24, 2.45) is 0 Å². The van der Waals surface area contributed by atoms with Crippen LogP contribution in [-0.2, 0) is 12.8 Å². The number of aryl methyl sites for hydroxylation is 1. The van der Waals surface area contributed by atoms with Crippen molar-refractivity contribution >= 4 is 11.9 Å². The van der Waals surface area contributed by atoms with E-state index in [1.165, 1.54) is 6.07 Å². The number of rotatable bonds is 4. The summed E-state index contributed by atoms with van der Waals surface area (Å²) in [5, 5.41) is 19.1. The molecule has 1 aromatic heterocycles. The molecule has 0 saturated heterocycles. The summed E-state index contributed by atoms with van der Waals surface area (Å²) in [5.41, 5.74) is 3.66. The number of carboxylic acid groups (broad SMARTS) is 1. The normalized spacial score (nSPS) is 20.7. The van der Waals surface area contributed by atoms with Gasteiger partial charge in [0.15, 0.2) is 5.69 Å². The van der Waals surface area contributed by atoms with Crippen molar-refractivity contribution in [3.8, 4) is 5.75 Å². The highest BCUT2D eigenvalue weighted by Gasteiger charge is 2.32. The number of ether oxygens (including phenoxy) is 1. The number of carbonyl (C=O) groups excluding carboxylic acids is 1.